The van der Waals surface area contributed by atoms with Gasteiger partial charge in [0.15, 0.2) is 0 Å². The van der Waals surface area contributed by atoms with Crippen molar-refractivity contribution < 1.29 is 14.3 Å². The Morgan fingerprint density at radius 2 is 1.89 bits per heavy atom. The van der Waals surface area contributed by atoms with E-state index in [9.17, 15) is 4.79 Å². The highest BCUT2D eigenvalue weighted by Gasteiger charge is 2.22. The molecule has 0 spiro atoms. The summed E-state index contributed by atoms with van der Waals surface area (Å²) in [6, 6.07) is 7.83. The van der Waals surface area contributed by atoms with Crippen LogP contribution in [0.25, 0.3) is 0 Å². The van der Waals surface area contributed by atoms with E-state index in [1.165, 1.54) is 0 Å². The Bertz CT molecular complexity index is 398. The van der Waals surface area contributed by atoms with Crippen LogP contribution in [0.3, 0.4) is 0 Å². The molecule has 4 nitrogen and oxygen atoms in total. The van der Waals surface area contributed by atoms with Crippen molar-refractivity contribution in [2.24, 2.45) is 5.73 Å². The molecule has 0 aromatic heterocycles. The van der Waals surface area contributed by atoms with Gasteiger partial charge in [-0.1, -0.05) is 25.5 Å². The maximum absolute atomic E-state index is 10.8. The highest BCUT2D eigenvalue weighted by Crippen LogP contribution is 2.19. The topological polar surface area (TPSA) is 61.6 Å². The highest BCUT2D eigenvalue weighted by molar-refractivity contribution is 5.65. The average Bonchev–Trinajstić information content (AvgIpc) is 2.29. The Morgan fingerprint density at radius 1 is 1.26 bits per heavy atom. The van der Waals surface area contributed by atoms with Gasteiger partial charge in [0.25, 0.3) is 0 Å². The van der Waals surface area contributed by atoms with E-state index in [4.69, 9.17) is 15.2 Å². The summed E-state index contributed by atoms with van der Waals surface area (Å²) in [6.45, 7) is 6.55. The fraction of sp³-hybridized carbons (Fsp3) is 0.533. The van der Waals surface area contributed by atoms with E-state index >= 15 is 0 Å². The number of carbonyl (C=O) groups excluding carboxylic acids is 1. The van der Waals surface area contributed by atoms with E-state index in [-0.39, 0.29) is 0 Å². The molecule has 0 saturated heterocycles. The number of rotatable bonds is 7. The molecule has 19 heavy (non-hydrogen) atoms. The van der Waals surface area contributed by atoms with Crippen molar-refractivity contribution in [1.29, 1.82) is 0 Å². The first-order valence-electron chi connectivity index (χ1n) is 6.63. The van der Waals surface area contributed by atoms with Crippen molar-refractivity contribution in [3.63, 3.8) is 0 Å². The summed E-state index contributed by atoms with van der Waals surface area (Å²) < 4.78 is 10.6. The molecule has 0 saturated carbocycles. The molecule has 0 heterocycles. The lowest BCUT2D eigenvalue weighted by Gasteiger charge is -2.24. The summed E-state index contributed by atoms with van der Waals surface area (Å²) in [4.78, 5) is 10.8. The van der Waals surface area contributed by atoms with Gasteiger partial charge in [-0.15, -0.1) is 0 Å². The van der Waals surface area contributed by atoms with Gasteiger partial charge in [0.1, 0.15) is 11.4 Å². The third-order valence-corrected chi connectivity index (χ3v) is 2.70. The van der Waals surface area contributed by atoms with Gasteiger partial charge in [-0.25, -0.2) is 4.79 Å². The minimum absolute atomic E-state index is 0.601. The lowest BCUT2D eigenvalue weighted by molar-refractivity contribution is 0.0460. The van der Waals surface area contributed by atoms with Crippen LogP contribution in [0.1, 0.15) is 39.2 Å². The fourth-order valence-electron chi connectivity index (χ4n) is 1.84. The van der Waals surface area contributed by atoms with Crippen molar-refractivity contribution in [2.45, 2.75) is 45.6 Å². The minimum Gasteiger partial charge on any atom is -0.494 e. The first-order chi connectivity index (χ1) is 8.93. The molecule has 1 amide bonds. The molecule has 0 atom stereocenters. The second kappa shape index (κ2) is 7.02. The average molecular weight is 265 g/mol. The Labute approximate surface area is 114 Å². The molecule has 2 N–H and O–H groups in total. The smallest absolute Gasteiger partial charge is 0.405 e. The van der Waals surface area contributed by atoms with Crippen molar-refractivity contribution in [1.82, 2.24) is 0 Å². The number of amides is 1. The van der Waals surface area contributed by atoms with Crippen molar-refractivity contribution in [2.75, 3.05) is 6.61 Å². The van der Waals surface area contributed by atoms with Crippen LogP contribution in [0.5, 0.6) is 5.75 Å². The number of hydrogen-bond acceptors (Lipinski definition) is 3. The fourth-order valence-corrected chi connectivity index (χ4v) is 1.84. The summed E-state index contributed by atoms with van der Waals surface area (Å²) >= 11 is 0. The van der Waals surface area contributed by atoms with Gasteiger partial charge in [-0.2, -0.15) is 0 Å². The van der Waals surface area contributed by atoms with Crippen LogP contribution in [-0.2, 0) is 11.2 Å². The second-order valence-corrected chi connectivity index (χ2v) is 5.20. The van der Waals surface area contributed by atoms with Crippen LogP contribution in [-0.4, -0.2) is 18.3 Å². The normalized spacial score (nSPS) is 11.1. The molecule has 0 aliphatic rings. The third-order valence-electron chi connectivity index (χ3n) is 2.70. The van der Waals surface area contributed by atoms with Gasteiger partial charge in [-0.3, -0.25) is 0 Å². The number of primary amides is 1. The van der Waals surface area contributed by atoms with Crippen LogP contribution in [0, 0.1) is 0 Å². The third kappa shape index (κ3) is 6.13. The number of ether oxygens (including phenoxy) is 2. The van der Waals surface area contributed by atoms with Gasteiger partial charge in [0.2, 0.25) is 0 Å². The molecule has 0 fully saturated rings. The van der Waals surface area contributed by atoms with E-state index < -0.39 is 11.7 Å². The van der Waals surface area contributed by atoms with E-state index in [0.717, 1.165) is 30.8 Å². The van der Waals surface area contributed by atoms with Crippen LogP contribution in [0.15, 0.2) is 24.3 Å². The summed E-state index contributed by atoms with van der Waals surface area (Å²) in [5.74, 6) is 0.867. The summed E-state index contributed by atoms with van der Waals surface area (Å²) in [5, 5.41) is 0. The predicted octanol–water partition coefficient (Wildman–Crippen LogP) is 3.28. The van der Waals surface area contributed by atoms with Gasteiger partial charge in [0.05, 0.1) is 6.61 Å². The molecular weight excluding hydrogens is 242 g/mol. The molecule has 1 aromatic carbocycles. The largest absolute Gasteiger partial charge is 0.494 e. The monoisotopic (exact) mass is 265 g/mol. The molecular formula is C15H23NO3. The zero-order chi connectivity index (χ0) is 14.3. The van der Waals surface area contributed by atoms with Gasteiger partial charge >= 0.3 is 6.09 Å². The molecule has 0 aliphatic heterocycles. The lowest BCUT2D eigenvalue weighted by atomic mass is 9.98. The van der Waals surface area contributed by atoms with Crippen LogP contribution >= 0.6 is 0 Å². The van der Waals surface area contributed by atoms with Crippen molar-refractivity contribution in [3.8, 4) is 5.75 Å². The minimum atomic E-state index is -0.746. The number of hydrogen-bond donors (Lipinski definition) is 1. The van der Waals surface area contributed by atoms with Crippen LogP contribution in [0.4, 0.5) is 4.79 Å². The van der Waals surface area contributed by atoms with E-state index in [1.807, 2.05) is 38.1 Å². The number of unbranched alkanes of at least 4 members (excludes halogenated alkanes) is 1. The zero-order valence-electron chi connectivity index (χ0n) is 11.9. The summed E-state index contributed by atoms with van der Waals surface area (Å²) in [7, 11) is 0. The lowest BCUT2D eigenvalue weighted by Crippen LogP contribution is -2.33. The SMILES string of the molecule is CCCCOc1ccc(CC(C)(C)OC(N)=O)cc1. The standard InChI is InChI=1S/C15H23NO3/c1-4-5-10-18-13-8-6-12(7-9-13)11-15(2,3)19-14(16)17/h6-9H,4-5,10-11H2,1-3H3,(H2,16,17). The van der Waals surface area contributed by atoms with E-state index in [1.54, 1.807) is 0 Å². The maximum atomic E-state index is 10.8. The Morgan fingerprint density at radius 3 is 2.42 bits per heavy atom. The Kier molecular flexibility index (Phi) is 5.67. The molecule has 0 unspecified atom stereocenters. The first-order valence-corrected chi connectivity index (χ1v) is 6.63. The molecule has 0 radical (unpaired) electrons. The Balaban J connectivity index is 2.54. The highest BCUT2D eigenvalue weighted by atomic mass is 16.6. The predicted molar refractivity (Wildman–Crippen MR) is 75.3 cm³/mol. The van der Waals surface area contributed by atoms with Gasteiger partial charge in [-0.05, 0) is 38.0 Å². The van der Waals surface area contributed by atoms with E-state index in [2.05, 4.69) is 6.92 Å². The Hall–Kier alpha value is -1.71. The van der Waals surface area contributed by atoms with Gasteiger partial charge in [0, 0.05) is 6.42 Å². The molecule has 0 aliphatic carbocycles. The molecule has 4 heteroatoms. The number of benzene rings is 1. The van der Waals surface area contributed by atoms with E-state index in [0.29, 0.717) is 6.42 Å². The number of nitrogens with two attached hydrogens (primary N) is 1. The maximum Gasteiger partial charge on any atom is 0.405 e. The molecule has 1 rings (SSSR count). The molecule has 0 bridgehead atoms. The molecule has 106 valence electrons. The van der Waals surface area contributed by atoms with Crippen molar-refractivity contribution >= 4 is 6.09 Å². The van der Waals surface area contributed by atoms with Crippen LogP contribution < -0.4 is 10.5 Å². The van der Waals surface area contributed by atoms with Crippen molar-refractivity contribution in [3.05, 3.63) is 29.8 Å². The second-order valence-electron chi connectivity index (χ2n) is 5.20. The van der Waals surface area contributed by atoms with Crippen LogP contribution in [0.2, 0.25) is 0 Å². The zero-order valence-corrected chi connectivity index (χ0v) is 11.9. The summed E-state index contributed by atoms with van der Waals surface area (Å²) in [6.07, 6.45) is 2.05. The molecule has 1 aromatic rings. The first kappa shape index (κ1) is 15.3. The van der Waals surface area contributed by atoms with Gasteiger partial charge < -0.3 is 15.2 Å². The quantitative estimate of drug-likeness (QED) is 0.769. The number of carbonyl (C=O) groups is 1. The summed E-state index contributed by atoms with van der Waals surface area (Å²) in [5.41, 5.74) is 5.52.